The molecule has 40 heavy (non-hydrogen) atoms. The second-order valence-electron chi connectivity index (χ2n) is 9.28. The van der Waals surface area contributed by atoms with Crippen molar-refractivity contribution in [2.75, 3.05) is 7.11 Å². The van der Waals surface area contributed by atoms with Crippen molar-refractivity contribution in [1.82, 2.24) is 9.99 Å². The van der Waals surface area contributed by atoms with E-state index in [1.807, 2.05) is 86.6 Å². The molecule has 4 aromatic carbocycles. The highest BCUT2D eigenvalue weighted by Crippen LogP contribution is 2.27. The normalized spacial score (nSPS) is 11.2. The Hall–Kier alpha value is -4.26. The quantitative estimate of drug-likeness (QED) is 0.152. The summed E-state index contributed by atoms with van der Waals surface area (Å²) < 4.78 is 13.5. The number of fused-ring (bicyclic) bond motifs is 1. The van der Waals surface area contributed by atoms with Gasteiger partial charge in [0.1, 0.15) is 18.1 Å². The van der Waals surface area contributed by atoms with Crippen LogP contribution in [0.1, 0.15) is 32.9 Å². The van der Waals surface area contributed by atoms with Crippen molar-refractivity contribution in [3.05, 3.63) is 123 Å². The fraction of sp³-hybridized carbons (Fsp3) is 0.125. The second-order valence-corrected chi connectivity index (χ2v) is 10.1. The number of methoxy groups -OCH3 is 1. The van der Waals surface area contributed by atoms with Gasteiger partial charge in [-0.05, 0) is 79.2 Å². The van der Waals surface area contributed by atoms with Crippen LogP contribution in [0.15, 0.2) is 90.0 Å². The summed E-state index contributed by atoms with van der Waals surface area (Å²) >= 11 is 12.2. The first kappa shape index (κ1) is 27.3. The molecule has 1 aromatic heterocycles. The van der Waals surface area contributed by atoms with Crippen LogP contribution in [-0.4, -0.2) is 23.8 Å². The highest BCUT2D eigenvalue weighted by molar-refractivity contribution is 6.35. The highest BCUT2D eigenvalue weighted by atomic mass is 35.5. The number of nitrogens with zero attached hydrogens (tertiary/aromatic N) is 2. The molecule has 0 atom stereocenters. The van der Waals surface area contributed by atoms with Crippen LogP contribution in [0.3, 0.4) is 0 Å². The van der Waals surface area contributed by atoms with Gasteiger partial charge in [-0.15, -0.1) is 0 Å². The van der Waals surface area contributed by atoms with E-state index in [4.69, 9.17) is 32.7 Å². The molecule has 5 rings (SSSR count). The molecule has 0 radical (unpaired) electrons. The molecule has 1 amide bonds. The van der Waals surface area contributed by atoms with Gasteiger partial charge in [0.05, 0.1) is 18.9 Å². The molecular weight excluding hydrogens is 545 g/mol. The third-order valence-corrected chi connectivity index (χ3v) is 7.24. The average Bonchev–Trinajstić information content (AvgIpc) is 3.24. The van der Waals surface area contributed by atoms with Crippen molar-refractivity contribution in [3.8, 4) is 17.2 Å². The number of hydrazone groups is 1. The Morgan fingerprint density at radius 1 is 0.950 bits per heavy atom. The highest BCUT2D eigenvalue weighted by Gasteiger charge is 2.14. The van der Waals surface area contributed by atoms with E-state index in [1.165, 1.54) is 0 Å². The minimum atomic E-state index is -0.344. The number of benzene rings is 4. The molecule has 0 unspecified atom stereocenters. The predicted molar refractivity (Wildman–Crippen MR) is 162 cm³/mol. The number of rotatable bonds is 8. The van der Waals surface area contributed by atoms with Gasteiger partial charge in [0.25, 0.3) is 5.91 Å². The van der Waals surface area contributed by atoms with Gasteiger partial charge in [-0.3, -0.25) is 4.79 Å². The lowest BCUT2D eigenvalue weighted by Crippen LogP contribution is -2.18. The smallest absolute Gasteiger partial charge is 0.275 e. The maximum absolute atomic E-state index is 12.9. The molecular formula is C32H27Cl2N3O3. The molecule has 202 valence electrons. The van der Waals surface area contributed by atoms with E-state index >= 15 is 0 Å². The van der Waals surface area contributed by atoms with Gasteiger partial charge >= 0.3 is 0 Å². The van der Waals surface area contributed by atoms with Gasteiger partial charge in [0.2, 0.25) is 0 Å². The molecule has 1 heterocycles. The van der Waals surface area contributed by atoms with Crippen LogP contribution >= 0.6 is 23.2 Å². The van der Waals surface area contributed by atoms with Crippen LogP contribution in [0.25, 0.3) is 16.5 Å². The average molecular weight is 572 g/mol. The maximum Gasteiger partial charge on any atom is 0.275 e. The zero-order chi connectivity index (χ0) is 28.2. The summed E-state index contributed by atoms with van der Waals surface area (Å²) in [5.74, 6) is 0.877. The Labute approximate surface area is 242 Å². The lowest BCUT2D eigenvalue weighted by atomic mass is 10.1. The summed E-state index contributed by atoms with van der Waals surface area (Å²) in [6, 6.07) is 26.7. The van der Waals surface area contributed by atoms with Crippen molar-refractivity contribution < 1.29 is 14.3 Å². The van der Waals surface area contributed by atoms with Crippen LogP contribution < -0.4 is 14.9 Å². The van der Waals surface area contributed by atoms with Crippen molar-refractivity contribution in [2.45, 2.75) is 20.5 Å². The summed E-state index contributed by atoms with van der Waals surface area (Å²) in [5.41, 5.74) is 7.81. The van der Waals surface area contributed by atoms with E-state index in [0.29, 0.717) is 28.0 Å². The number of carbonyl (C=O) groups is 1. The number of halogens is 2. The fourth-order valence-corrected chi connectivity index (χ4v) is 5.06. The summed E-state index contributed by atoms with van der Waals surface area (Å²) in [5, 5.41) is 7.34. The van der Waals surface area contributed by atoms with Crippen LogP contribution in [0.2, 0.25) is 10.0 Å². The lowest BCUT2D eigenvalue weighted by Gasteiger charge is -2.12. The van der Waals surface area contributed by atoms with Gasteiger partial charge in [-0.1, -0.05) is 53.5 Å². The second kappa shape index (κ2) is 11.9. The molecule has 0 aliphatic carbocycles. The summed E-state index contributed by atoms with van der Waals surface area (Å²) in [7, 11) is 1.55. The summed E-state index contributed by atoms with van der Waals surface area (Å²) in [6.07, 6.45) is 1.65. The first-order chi connectivity index (χ1) is 19.3. The molecule has 0 aliphatic rings. The molecule has 0 saturated heterocycles. The third-order valence-electron chi connectivity index (χ3n) is 6.66. The van der Waals surface area contributed by atoms with E-state index in [0.717, 1.165) is 44.7 Å². The van der Waals surface area contributed by atoms with Crippen molar-refractivity contribution in [2.24, 2.45) is 5.10 Å². The molecule has 1 N–H and O–H groups in total. The number of carbonyl (C=O) groups excluding carboxylic acids is 1. The summed E-state index contributed by atoms with van der Waals surface area (Å²) in [4.78, 5) is 12.9. The lowest BCUT2D eigenvalue weighted by molar-refractivity contribution is 0.0952. The van der Waals surface area contributed by atoms with Crippen molar-refractivity contribution in [1.29, 1.82) is 0 Å². The largest absolute Gasteiger partial charge is 0.496 e. The molecule has 6 nitrogen and oxygen atoms in total. The van der Waals surface area contributed by atoms with Crippen LogP contribution in [0.5, 0.6) is 11.5 Å². The Bertz CT molecular complexity index is 1730. The van der Waals surface area contributed by atoms with Gasteiger partial charge in [0, 0.05) is 38.2 Å². The minimum Gasteiger partial charge on any atom is -0.496 e. The monoisotopic (exact) mass is 571 g/mol. The van der Waals surface area contributed by atoms with Crippen LogP contribution in [0, 0.1) is 13.8 Å². The van der Waals surface area contributed by atoms with E-state index < -0.39 is 0 Å². The van der Waals surface area contributed by atoms with Gasteiger partial charge in [-0.25, -0.2) is 5.43 Å². The zero-order valence-corrected chi connectivity index (χ0v) is 23.8. The molecule has 8 heteroatoms. The number of aryl methyl sites for hydroxylation is 1. The first-order valence-corrected chi connectivity index (χ1v) is 13.4. The van der Waals surface area contributed by atoms with Gasteiger partial charge in [-0.2, -0.15) is 5.10 Å². The van der Waals surface area contributed by atoms with E-state index in [2.05, 4.69) is 15.1 Å². The molecule has 0 saturated carbocycles. The first-order valence-electron chi connectivity index (χ1n) is 12.6. The standard InChI is InChI=1S/C32H27Cl2N3O3/c1-20-14-25(18-35-36-32(38)29-15-22-6-4-5-7-23(22)16-31(29)39-3)21(2)37(20)27-10-12-28(13-11-27)40-19-24-8-9-26(33)17-30(24)34/h4-18H,19H2,1-3H3,(H,36,38)/b35-18-. The van der Waals surface area contributed by atoms with E-state index in [-0.39, 0.29) is 5.91 Å². The van der Waals surface area contributed by atoms with Gasteiger partial charge in [0.15, 0.2) is 0 Å². The Kier molecular flexibility index (Phi) is 8.10. The summed E-state index contributed by atoms with van der Waals surface area (Å²) in [6.45, 7) is 4.37. The molecule has 0 bridgehead atoms. The van der Waals surface area contributed by atoms with Crippen molar-refractivity contribution >= 4 is 46.1 Å². The Morgan fingerprint density at radius 3 is 2.38 bits per heavy atom. The topological polar surface area (TPSA) is 64.8 Å². The number of hydrogen-bond donors (Lipinski definition) is 1. The maximum atomic E-state index is 12.9. The molecule has 0 spiro atoms. The zero-order valence-electron chi connectivity index (χ0n) is 22.2. The number of ether oxygens (including phenoxy) is 2. The molecule has 5 aromatic rings. The molecule has 0 fully saturated rings. The SMILES string of the molecule is COc1cc2ccccc2cc1C(=O)N/N=C\c1cc(C)n(-c2ccc(OCc3ccc(Cl)cc3Cl)cc2)c1C. The Morgan fingerprint density at radius 2 is 1.68 bits per heavy atom. The number of nitrogens with one attached hydrogen (secondary N) is 1. The van der Waals surface area contributed by atoms with E-state index in [1.54, 1.807) is 25.5 Å². The van der Waals surface area contributed by atoms with Crippen LogP contribution in [-0.2, 0) is 6.61 Å². The predicted octanol–water partition coefficient (Wildman–Crippen LogP) is 7.91. The van der Waals surface area contributed by atoms with Gasteiger partial charge < -0.3 is 14.0 Å². The van der Waals surface area contributed by atoms with Crippen molar-refractivity contribution in [3.63, 3.8) is 0 Å². The van der Waals surface area contributed by atoms with E-state index in [9.17, 15) is 4.79 Å². The van der Waals surface area contributed by atoms with Crippen LogP contribution in [0.4, 0.5) is 0 Å². The Balaban J connectivity index is 1.28. The third kappa shape index (κ3) is 5.83. The fourth-order valence-electron chi connectivity index (χ4n) is 4.59. The number of aromatic nitrogens is 1. The molecule has 0 aliphatic heterocycles. The number of hydrogen-bond acceptors (Lipinski definition) is 4. The number of amides is 1. The minimum absolute atomic E-state index is 0.342.